The van der Waals surface area contributed by atoms with Crippen molar-refractivity contribution in [1.82, 2.24) is 20.9 Å². The van der Waals surface area contributed by atoms with Crippen LogP contribution in [0.2, 0.25) is 0 Å². The van der Waals surface area contributed by atoms with Crippen LogP contribution in [-0.2, 0) is 11.2 Å². The zero-order valence-corrected chi connectivity index (χ0v) is 10.0. The van der Waals surface area contributed by atoms with Crippen LogP contribution in [-0.4, -0.2) is 42.4 Å². The first-order valence-corrected chi connectivity index (χ1v) is 5.28. The average molecular weight is 242 g/mol. The summed E-state index contributed by atoms with van der Waals surface area (Å²) >= 11 is 0. The summed E-state index contributed by atoms with van der Waals surface area (Å²) in [5.74, 6) is 6.48. The summed E-state index contributed by atoms with van der Waals surface area (Å²) in [7, 11) is 1.64. The number of aliphatic imine (C=N–C) groups is 1. The number of guanidine groups is 1. The molecule has 0 fully saturated rings. The van der Waals surface area contributed by atoms with Crippen molar-refractivity contribution < 1.29 is 9.26 Å². The zero-order valence-electron chi connectivity index (χ0n) is 10.0. The summed E-state index contributed by atoms with van der Waals surface area (Å²) in [6.45, 7) is 3.06. The van der Waals surface area contributed by atoms with E-state index in [4.69, 9.17) is 10.6 Å². The lowest BCUT2D eigenvalue weighted by molar-refractivity contribution is 0.179. The molecule has 0 saturated carbocycles. The van der Waals surface area contributed by atoms with Crippen molar-refractivity contribution in [3.63, 3.8) is 0 Å². The standard InChI is InChI=1S/C9H18N6O2/c1-7(5-16-2)13-9(14-10)11-4-3-8-12-6-17-15-8/h6-7H,3-5,10H2,1-2H3,(H2,11,13,14). The minimum absolute atomic E-state index is 0.125. The summed E-state index contributed by atoms with van der Waals surface area (Å²) in [5.41, 5.74) is 2.49. The van der Waals surface area contributed by atoms with E-state index in [2.05, 4.69) is 30.4 Å². The van der Waals surface area contributed by atoms with E-state index in [-0.39, 0.29) is 6.04 Å². The highest BCUT2D eigenvalue weighted by atomic mass is 16.5. The molecule has 8 heteroatoms. The van der Waals surface area contributed by atoms with Gasteiger partial charge in [-0.25, -0.2) is 5.84 Å². The second-order valence-electron chi connectivity index (χ2n) is 3.47. The molecular formula is C9H18N6O2. The number of hydrazine groups is 1. The number of hydrogen-bond acceptors (Lipinski definition) is 6. The number of hydrogen-bond donors (Lipinski definition) is 3. The van der Waals surface area contributed by atoms with Gasteiger partial charge in [0.2, 0.25) is 12.4 Å². The maximum absolute atomic E-state index is 5.34. The monoisotopic (exact) mass is 242 g/mol. The number of methoxy groups -OCH3 is 1. The molecule has 8 nitrogen and oxygen atoms in total. The maximum Gasteiger partial charge on any atom is 0.213 e. The van der Waals surface area contributed by atoms with E-state index in [1.54, 1.807) is 7.11 Å². The Bertz CT molecular complexity index is 326. The van der Waals surface area contributed by atoms with Gasteiger partial charge in [0.05, 0.1) is 13.2 Å². The molecule has 1 heterocycles. The summed E-state index contributed by atoms with van der Waals surface area (Å²) in [5, 5.41) is 6.75. The minimum atomic E-state index is 0.125. The van der Waals surface area contributed by atoms with Gasteiger partial charge in [-0.3, -0.25) is 10.4 Å². The van der Waals surface area contributed by atoms with Crippen LogP contribution in [0.25, 0.3) is 0 Å². The normalized spacial score (nSPS) is 13.5. The van der Waals surface area contributed by atoms with Gasteiger partial charge in [0.25, 0.3) is 0 Å². The van der Waals surface area contributed by atoms with Crippen molar-refractivity contribution in [3.8, 4) is 0 Å². The number of ether oxygens (including phenoxy) is 1. The van der Waals surface area contributed by atoms with Gasteiger partial charge in [-0.05, 0) is 6.92 Å². The predicted octanol–water partition coefficient (Wildman–Crippen LogP) is -0.944. The smallest absolute Gasteiger partial charge is 0.213 e. The van der Waals surface area contributed by atoms with Crippen LogP contribution in [0.1, 0.15) is 12.7 Å². The zero-order chi connectivity index (χ0) is 12.5. The Balaban J connectivity index is 2.33. The van der Waals surface area contributed by atoms with Gasteiger partial charge >= 0.3 is 0 Å². The van der Waals surface area contributed by atoms with Crippen LogP contribution < -0.4 is 16.6 Å². The van der Waals surface area contributed by atoms with Crippen molar-refractivity contribution in [2.24, 2.45) is 10.8 Å². The van der Waals surface area contributed by atoms with Gasteiger partial charge in [-0.1, -0.05) is 5.16 Å². The Morgan fingerprint density at radius 2 is 2.53 bits per heavy atom. The molecule has 0 bridgehead atoms. The molecule has 0 aliphatic rings. The van der Waals surface area contributed by atoms with Gasteiger partial charge in [-0.2, -0.15) is 4.98 Å². The van der Waals surface area contributed by atoms with Gasteiger partial charge in [-0.15, -0.1) is 0 Å². The number of nitrogens with zero attached hydrogens (tertiary/aromatic N) is 3. The van der Waals surface area contributed by atoms with Gasteiger partial charge in [0.1, 0.15) is 0 Å². The van der Waals surface area contributed by atoms with E-state index in [1.807, 2.05) is 6.92 Å². The molecule has 1 rings (SSSR count). The fraction of sp³-hybridized carbons (Fsp3) is 0.667. The third-order valence-electron chi connectivity index (χ3n) is 1.95. The molecule has 0 aromatic carbocycles. The molecular weight excluding hydrogens is 224 g/mol. The van der Waals surface area contributed by atoms with E-state index in [9.17, 15) is 0 Å². The van der Waals surface area contributed by atoms with Crippen LogP contribution in [0.5, 0.6) is 0 Å². The van der Waals surface area contributed by atoms with Crippen LogP contribution in [0.3, 0.4) is 0 Å². The van der Waals surface area contributed by atoms with Gasteiger partial charge in [0.15, 0.2) is 5.82 Å². The Hall–Kier alpha value is -1.67. The third kappa shape index (κ3) is 5.27. The van der Waals surface area contributed by atoms with E-state index < -0.39 is 0 Å². The number of nitrogens with one attached hydrogen (secondary N) is 2. The number of aromatic nitrogens is 2. The topological polar surface area (TPSA) is 111 Å². The lowest BCUT2D eigenvalue weighted by Crippen LogP contribution is -2.47. The second kappa shape index (κ2) is 7.58. The first kappa shape index (κ1) is 13.4. The van der Waals surface area contributed by atoms with Crippen molar-refractivity contribution in [2.45, 2.75) is 19.4 Å². The van der Waals surface area contributed by atoms with Crippen LogP contribution in [0, 0.1) is 0 Å². The van der Waals surface area contributed by atoms with Crippen molar-refractivity contribution in [3.05, 3.63) is 12.2 Å². The van der Waals surface area contributed by atoms with Crippen LogP contribution >= 0.6 is 0 Å². The minimum Gasteiger partial charge on any atom is -0.383 e. The van der Waals surface area contributed by atoms with Crippen molar-refractivity contribution >= 4 is 5.96 Å². The van der Waals surface area contributed by atoms with Crippen molar-refractivity contribution in [2.75, 3.05) is 20.3 Å². The number of nitrogens with two attached hydrogens (primary N) is 1. The molecule has 1 atom stereocenters. The molecule has 1 aromatic rings. The average Bonchev–Trinajstić information content (AvgIpc) is 2.81. The van der Waals surface area contributed by atoms with Gasteiger partial charge < -0.3 is 14.6 Å². The highest BCUT2D eigenvalue weighted by Crippen LogP contribution is 1.90. The molecule has 0 spiro atoms. The van der Waals surface area contributed by atoms with E-state index in [0.717, 1.165) is 0 Å². The second-order valence-corrected chi connectivity index (χ2v) is 3.47. The molecule has 0 radical (unpaired) electrons. The Morgan fingerprint density at radius 3 is 3.12 bits per heavy atom. The molecule has 1 unspecified atom stereocenters. The molecule has 17 heavy (non-hydrogen) atoms. The molecule has 96 valence electrons. The largest absolute Gasteiger partial charge is 0.383 e. The quantitative estimate of drug-likeness (QED) is 0.255. The highest BCUT2D eigenvalue weighted by Gasteiger charge is 2.04. The maximum atomic E-state index is 5.34. The predicted molar refractivity (Wildman–Crippen MR) is 62.1 cm³/mol. The Labute approximate surface area is 99.6 Å². The van der Waals surface area contributed by atoms with Crippen molar-refractivity contribution in [1.29, 1.82) is 0 Å². The SMILES string of the molecule is COCC(C)NC(=NCCc1ncon1)NN. The van der Waals surface area contributed by atoms with E-state index in [1.165, 1.54) is 6.39 Å². The van der Waals surface area contributed by atoms with E-state index >= 15 is 0 Å². The first-order chi connectivity index (χ1) is 8.26. The molecule has 0 aliphatic carbocycles. The summed E-state index contributed by atoms with van der Waals surface area (Å²) in [6, 6.07) is 0.125. The lowest BCUT2D eigenvalue weighted by Gasteiger charge is -2.15. The first-order valence-electron chi connectivity index (χ1n) is 5.28. The fourth-order valence-corrected chi connectivity index (χ4v) is 1.23. The molecule has 0 amide bonds. The molecule has 1 aromatic heterocycles. The summed E-state index contributed by atoms with van der Waals surface area (Å²) in [6.07, 6.45) is 1.89. The fourth-order valence-electron chi connectivity index (χ4n) is 1.23. The van der Waals surface area contributed by atoms with E-state index in [0.29, 0.717) is 31.4 Å². The van der Waals surface area contributed by atoms with Crippen LogP contribution in [0.4, 0.5) is 0 Å². The third-order valence-corrected chi connectivity index (χ3v) is 1.95. The lowest BCUT2D eigenvalue weighted by atomic mass is 10.4. The Kier molecular flexibility index (Phi) is 5.97. The summed E-state index contributed by atoms with van der Waals surface area (Å²) < 4.78 is 9.61. The molecule has 4 N–H and O–H groups in total. The molecule has 0 aliphatic heterocycles. The Morgan fingerprint density at radius 1 is 1.71 bits per heavy atom. The van der Waals surface area contributed by atoms with Crippen LogP contribution in [0.15, 0.2) is 15.9 Å². The number of rotatable bonds is 6. The molecule has 0 saturated heterocycles. The van der Waals surface area contributed by atoms with Gasteiger partial charge in [0, 0.05) is 19.6 Å². The highest BCUT2D eigenvalue weighted by molar-refractivity contribution is 5.79. The summed E-state index contributed by atoms with van der Waals surface area (Å²) in [4.78, 5) is 8.12.